The molecule has 0 bridgehead atoms. The highest BCUT2D eigenvalue weighted by molar-refractivity contribution is 7.12. The van der Waals surface area contributed by atoms with Crippen molar-refractivity contribution < 1.29 is 23.9 Å². The summed E-state index contributed by atoms with van der Waals surface area (Å²) in [5.41, 5.74) is 0. The van der Waals surface area contributed by atoms with Crippen molar-refractivity contribution in [3.8, 4) is 0 Å². The Morgan fingerprint density at radius 3 is 2.85 bits per heavy atom. The number of thiophene rings is 1. The van der Waals surface area contributed by atoms with Crippen LogP contribution in [-0.2, 0) is 19.1 Å². The Labute approximate surface area is 120 Å². The summed E-state index contributed by atoms with van der Waals surface area (Å²) in [6.07, 6.45) is -0.786. The predicted octanol–water partition coefficient (Wildman–Crippen LogP) is 1.11. The number of hydrogen-bond donors (Lipinski definition) is 1. The van der Waals surface area contributed by atoms with Gasteiger partial charge in [-0.2, -0.15) is 0 Å². The van der Waals surface area contributed by atoms with Crippen LogP contribution in [0.4, 0.5) is 0 Å². The van der Waals surface area contributed by atoms with E-state index in [1.54, 1.807) is 24.4 Å². The fraction of sp³-hybridized carbons (Fsp3) is 0.462. The monoisotopic (exact) mass is 297 g/mol. The molecule has 0 aliphatic carbocycles. The molecule has 6 nitrogen and oxygen atoms in total. The first kappa shape index (κ1) is 14.5. The third kappa shape index (κ3) is 3.36. The molecule has 1 aliphatic rings. The Morgan fingerprint density at radius 2 is 2.30 bits per heavy atom. The zero-order valence-electron chi connectivity index (χ0n) is 11.1. The van der Waals surface area contributed by atoms with Gasteiger partial charge in [-0.25, -0.2) is 9.59 Å². The number of cyclic esters (lactones) is 1. The maximum atomic E-state index is 11.8. The van der Waals surface area contributed by atoms with E-state index in [9.17, 15) is 14.4 Å². The molecule has 2 rings (SSSR count). The molecule has 108 valence electrons. The summed E-state index contributed by atoms with van der Waals surface area (Å²) in [6.45, 7) is 3.24. The van der Waals surface area contributed by atoms with Gasteiger partial charge in [0.05, 0.1) is 4.88 Å². The van der Waals surface area contributed by atoms with E-state index in [-0.39, 0.29) is 12.0 Å². The summed E-state index contributed by atoms with van der Waals surface area (Å²) >= 11 is 1.28. The summed E-state index contributed by atoms with van der Waals surface area (Å²) in [4.78, 5) is 35.5. The highest BCUT2D eigenvalue weighted by Crippen LogP contribution is 2.18. The Bertz CT molecular complexity index is 513. The minimum atomic E-state index is -0.876. The van der Waals surface area contributed by atoms with Crippen molar-refractivity contribution in [1.29, 1.82) is 0 Å². The highest BCUT2D eigenvalue weighted by Gasteiger charge is 2.36. The second kappa shape index (κ2) is 6.04. The van der Waals surface area contributed by atoms with Crippen LogP contribution >= 0.6 is 11.3 Å². The SMILES string of the molecule is CC1CC(OC(=O)C(C)NC(=O)c2cccs2)C(=O)O1. The van der Waals surface area contributed by atoms with Gasteiger partial charge in [0.2, 0.25) is 6.10 Å². The van der Waals surface area contributed by atoms with Crippen LogP contribution in [0.15, 0.2) is 17.5 Å². The van der Waals surface area contributed by atoms with Crippen molar-refractivity contribution in [3.05, 3.63) is 22.4 Å². The van der Waals surface area contributed by atoms with Crippen molar-refractivity contribution in [2.24, 2.45) is 0 Å². The third-order valence-electron chi connectivity index (χ3n) is 2.83. The van der Waals surface area contributed by atoms with E-state index >= 15 is 0 Å². The topological polar surface area (TPSA) is 81.7 Å². The van der Waals surface area contributed by atoms with Crippen LogP contribution in [-0.4, -0.2) is 36.1 Å². The van der Waals surface area contributed by atoms with E-state index < -0.39 is 24.1 Å². The van der Waals surface area contributed by atoms with Crippen LogP contribution in [0.3, 0.4) is 0 Å². The van der Waals surface area contributed by atoms with Crippen molar-refractivity contribution in [1.82, 2.24) is 5.32 Å². The number of nitrogens with one attached hydrogen (secondary N) is 1. The molecule has 7 heteroatoms. The van der Waals surface area contributed by atoms with Gasteiger partial charge >= 0.3 is 11.9 Å². The Morgan fingerprint density at radius 1 is 1.55 bits per heavy atom. The Hall–Kier alpha value is -1.89. The zero-order valence-corrected chi connectivity index (χ0v) is 11.9. The predicted molar refractivity (Wildman–Crippen MR) is 71.3 cm³/mol. The molecular weight excluding hydrogens is 282 g/mol. The van der Waals surface area contributed by atoms with Crippen LogP contribution in [0.25, 0.3) is 0 Å². The number of ether oxygens (including phenoxy) is 2. The molecule has 3 atom stereocenters. The van der Waals surface area contributed by atoms with Crippen molar-refractivity contribution >= 4 is 29.2 Å². The van der Waals surface area contributed by atoms with Crippen LogP contribution in [0, 0.1) is 0 Å². The molecule has 1 N–H and O–H groups in total. The lowest BCUT2D eigenvalue weighted by Gasteiger charge is -2.14. The van der Waals surface area contributed by atoms with E-state index in [2.05, 4.69) is 5.32 Å². The fourth-order valence-corrected chi connectivity index (χ4v) is 2.42. The average molecular weight is 297 g/mol. The molecule has 0 spiro atoms. The minimum absolute atomic E-state index is 0.253. The van der Waals surface area contributed by atoms with E-state index in [1.165, 1.54) is 18.3 Å². The van der Waals surface area contributed by atoms with Gasteiger partial charge in [-0.15, -0.1) is 11.3 Å². The van der Waals surface area contributed by atoms with E-state index in [4.69, 9.17) is 9.47 Å². The third-order valence-corrected chi connectivity index (χ3v) is 3.70. The van der Waals surface area contributed by atoms with Gasteiger partial charge in [0.25, 0.3) is 5.91 Å². The molecule has 2 heterocycles. The molecule has 1 fully saturated rings. The molecule has 0 aromatic carbocycles. The van der Waals surface area contributed by atoms with Crippen molar-refractivity contribution in [2.75, 3.05) is 0 Å². The molecule has 20 heavy (non-hydrogen) atoms. The van der Waals surface area contributed by atoms with Gasteiger partial charge in [0, 0.05) is 6.42 Å². The lowest BCUT2D eigenvalue weighted by atomic mass is 10.2. The quantitative estimate of drug-likeness (QED) is 0.842. The van der Waals surface area contributed by atoms with Crippen LogP contribution < -0.4 is 5.32 Å². The minimum Gasteiger partial charge on any atom is -0.460 e. The summed E-state index contributed by atoms with van der Waals surface area (Å²) in [6, 6.07) is 2.58. The summed E-state index contributed by atoms with van der Waals surface area (Å²) < 4.78 is 9.94. The second-order valence-corrected chi connectivity index (χ2v) is 5.53. The van der Waals surface area contributed by atoms with Gasteiger partial charge in [-0.1, -0.05) is 6.07 Å². The molecule has 1 aromatic rings. The summed E-state index contributed by atoms with van der Waals surface area (Å²) in [5.74, 6) is -1.53. The van der Waals surface area contributed by atoms with E-state index in [0.717, 1.165) is 0 Å². The van der Waals surface area contributed by atoms with Crippen LogP contribution in [0.1, 0.15) is 29.9 Å². The second-order valence-electron chi connectivity index (χ2n) is 4.58. The van der Waals surface area contributed by atoms with E-state index in [0.29, 0.717) is 11.3 Å². The van der Waals surface area contributed by atoms with Gasteiger partial charge in [0.15, 0.2) is 0 Å². The lowest BCUT2D eigenvalue weighted by Crippen LogP contribution is -2.41. The number of hydrogen-bond acceptors (Lipinski definition) is 6. The molecule has 1 saturated heterocycles. The lowest BCUT2D eigenvalue weighted by molar-refractivity contribution is -0.161. The molecule has 1 aliphatic heterocycles. The summed E-state index contributed by atoms with van der Waals surface area (Å²) in [7, 11) is 0. The van der Waals surface area contributed by atoms with Crippen molar-refractivity contribution in [3.63, 3.8) is 0 Å². The molecule has 0 radical (unpaired) electrons. The maximum absolute atomic E-state index is 11.8. The normalized spacial score (nSPS) is 23.0. The molecule has 1 amide bonds. The summed E-state index contributed by atoms with van der Waals surface area (Å²) in [5, 5.41) is 4.30. The van der Waals surface area contributed by atoms with Crippen LogP contribution in [0.5, 0.6) is 0 Å². The van der Waals surface area contributed by atoms with Gasteiger partial charge < -0.3 is 14.8 Å². The average Bonchev–Trinajstić information content (AvgIpc) is 3.00. The van der Waals surface area contributed by atoms with Crippen LogP contribution in [0.2, 0.25) is 0 Å². The first-order chi connectivity index (χ1) is 9.47. The van der Waals surface area contributed by atoms with Gasteiger partial charge in [0.1, 0.15) is 12.1 Å². The number of rotatable bonds is 4. The highest BCUT2D eigenvalue weighted by atomic mass is 32.1. The molecular formula is C13H15NO5S. The Balaban J connectivity index is 1.86. The molecule has 1 aromatic heterocycles. The number of carbonyl (C=O) groups excluding carboxylic acids is 3. The smallest absolute Gasteiger partial charge is 0.347 e. The maximum Gasteiger partial charge on any atom is 0.347 e. The number of esters is 2. The van der Waals surface area contributed by atoms with Gasteiger partial charge in [-0.3, -0.25) is 4.79 Å². The Kier molecular flexibility index (Phi) is 4.39. The molecule has 0 saturated carbocycles. The number of carbonyl (C=O) groups is 3. The number of amides is 1. The first-order valence-electron chi connectivity index (χ1n) is 6.22. The zero-order chi connectivity index (χ0) is 14.7. The van der Waals surface area contributed by atoms with E-state index in [1.807, 2.05) is 0 Å². The first-order valence-corrected chi connectivity index (χ1v) is 7.10. The van der Waals surface area contributed by atoms with Crippen molar-refractivity contribution in [2.45, 2.75) is 38.5 Å². The van der Waals surface area contributed by atoms with Gasteiger partial charge in [-0.05, 0) is 25.3 Å². The largest absolute Gasteiger partial charge is 0.460 e. The fourth-order valence-electron chi connectivity index (χ4n) is 1.79. The standard InChI is InChI=1S/C13H15NO5S/c1-7-6-9(13(17)18-7)19-12(16)8(2)14-11(15)10-4-3-5-20-10/h3-5,7-9H,6H2,1-2H3,(H,14,15). The molecule has 3 unspecified atom stereocenters.